The van der Waals surface area contributed by atoms with Gasteiger partial charge in [-0.2, -0.15) is 0 Å². The van der Waals surface area contributed by atoms with Crippen molar-refractivity contribution in [2.45, 2.75) is 104 Å². The molecule has 1 heterocycles. The average Bonchev–Trinajstić information content (AvgIpc) is 3.09. The van der Waals surface area contributed by atoms with Gasteiger partial charge in [-0.1, -0.05) is 18.6 Å². The molecule has 1 saturated heterocycles. The van der Waals surface area contributed by atoms with Gasteiger partial charge in [-0.3, -0.25) is 28.8 Å². The van der Waals surface area contributed by atoms with Gasteiger partial charge in [-0.25, -0.2) is 0 Å². The molecule has 0 aromatic heterocycles. The van der Waals surface area contributed by atoms with Gasteiger partial charge in [-0.15, -0.1) is 0 Å². The third-order valence-corrected chi connectivity index (χ3v) is 8.57. The molecule has 0 bridgehead atoms. The number of ether oxygens (including phenoxy) is 6. The molecule has 0 spiro atoms. The van der Waals surface area contributed by atoms with E-state index in [1.807, 2.05) is 0 Å². The topological polar surface area (TPSA) is 178 Å². The summed E-state index contributed by atoms with van der Waals surface area (Å²) in [4.78, 5) is 74.8. The number of esters is 6. The standard InChI is InChI=1S/C30H40O13/c1-14-9-10-23(40-18(5)33)29(8)24(41-19(6)34)12-22(39-17(4)32)21(13-38-16(3)31)11-25-30(37,15(2)28(36)43-25)27(26(14)29)42-20(7)35/h9,11,15,22-27,37H,10,12-13H2,1-8H3/b21-11-/t15-,22+,23-,24-,25-,26+,27+,29+,30-/m0/s1. The zero-order valence-electron chi connectivity index (χ0n) is 25.7. The van der Waals surface area contributed by atoms with E-state index >= 15 is 0 Å². The number of fused-ring (bicyclic) bond motifs is 2. The summed E-state index contributed by atoms with van der Waals surface area (Å²) in [6.07, 6.45) is -3.32. The first-order chi connectivity index (χ1) is 19.9. The normalized spacial score (nSPS) is 36.7. The number of carbonyl (C=O) groups is 6. The van der Waals surface area contributed by atoms with Gasteiger partial charge in [0, 0.05) is 59.0 Å². The monoisotopic (exact) mass is 608 g/mol. The molecular weight excluding hydrogens is 568 g/mol. The Balaban J connectivity index is 2.46. The molecule has 0 radical (unpaired) electrons. The number of hydrogen-bond donors (Lipinski definition) is 1. The molecule has 1 aliphatic heterocycles. The molecule has 238 valence electrons. The summed E-state index contributed by atoms with van der Waals surface area (Å²) in [5, 5.41) is 12.5. The van der Waals surface area contributed by atoms with Crippen molar-refractivity contribution in [3.8, 4) is 0 Å². The first-order valence-electron chi connectivity index (χ1n) is 14.0. The van der Waals surface area contributed by atoms with Gasteiger partial charge in [0.05, 0.1) is 11.3 Å². The maximum Gasteiger partial charge on any atom is 0.312 e. The largest absolute Gasteiger partial charge is 0.462 e. The van der Waals surface area contributed by atoms with Crippen LogP contribution < -0.4 is 0 Å². The second-order valence-electron chi connectivity index (χ2n) is 11.6. The lowest BCUT2D eigenvalue weighted by atomic mass is 9.56. The van der Waals surface area contributed by atoms with Gasteiger partial charge < -0.3 is 33.5 Å². The molecule has 13 heteroatoms. The fourth-order valence-electron chi connectivity index (χ4n) is 6.58. The molecule has 0 aromatic carbocycles. The molecule has 1 fully saturated rings. The minimum atomic E-state index is -2.23. The lowest BCUT2D eigenvalue weighted by Crippen LogP contribution is -2.65. The Kier molecular flexibility index (Phi) is 10.1. The quantitative estimate of drug-likeness (QED) is 0.263. The predicted octanol–water partition coefficient (Wildman–Crippen LogP) is 1.87. The molecule has 0 amide bonds. The Labute approximate surface area is 249 Å². The third-order valence-electron chi connectivity index (χ3n) is 8.57. The van der Waals surface area contributed by atoms with Crippen molar-refractivity contribution in [1.29, 1.82) is 0 Å². The molecule has 13 nitrogen and oxygen atoms in total. The summed E-state index contributed by atoms with van der Waals surface area (Å²) in [5.41, 5.74) is -2.96. The molecule has 0 saturated carbocycles. The van der Waals surface area contributed by atoms with Crippen LogP contribution in [0.3, 0.4) is 0 Å². The number of aliphatic hydroxyl groups is 1. The summed E-state index contributed by atoms with van der Waals surface area (Å²) in [5.74, 6) is -6.59. The Bertz CT molecular complexity index is 1230. The van der Waals surface area contributed by atoms with E-state index in [4.69, 9.17) is 28.4 Å². The van der Waals surface area contributed by atoms with Crippen molar-refractivity contribution in [2.75, 3.05) is 6.61 Å². The predicted molar refractivity (Wildman–Crippen MR) is 146 cm³/mol. The van der Waals surface area contributed by atoms with Crippen LogP contribution in [0.5, 0.6) is 0 Å². The zero-order chi connectivity index (χ0) is 32.4. The van der Waals surface area contributed by atoms with Crippen molar-refractivity contribution in [2.24, 2.45) is 17.3 Å². The van der Waals surface area contributed by atoms with Gasteiger partial charge in [-0.05, 0) is 19.9 Å². The number of carbonyl (C=O) groups excluding carboxylic acids is 6. The molecule has 3 aliphatic rings. The molecule has 43 heavy (non-hydrogen) atoms. The van der Waals surface area contributed by atoms with Crippen LogP contribution in [0.25, 0.3) is 0 Å². The van der Waals surface area contributed by atoms with Crippen LogP contribution in [0, 0.1) is 17.3 Å². The summed E-state index contributed by atoms with van der Waals surface area (Å²) >= 11 is 0. The lowest BCUT2D eigenvalue weighted by molar-refractivity contribution is -0.218. The number of rotatable bonds is 6. The van der Waals surface area contributed by atoms with Gasteiger partial charge in [0.15, 0.2) is 11.7 Å². The van der Waals surface area contributed by atoms with Crippen molar-refractivity contribution in [3.05, 3.63) is 23.3 Å². The van der Waals surface area contributed by atoms with Gasteiger partial charge in [0.1, 0.15) is 31.0 Å². The van der Waals surface area contributed by atoms with Crippen LogP contribution in [0.2, 0.25) is 0 Å². The van der Waals surface area contributed by atoms with Gasteiger partial charge >= 0.3 is 35.8 Å². The van der Waals surface area contributed by atoms with Crippen LogP contribution >= 0.6 is 0 Å². The highest BCUT2D eigenvalue weighted by molar-refractivity contribution is 5.78. The average molecular weight is 609 g/mol. The van der Waals surface area contributed by atoms with Crippen molar-refractivity contribution < 1.29 is 62.3 Å². The van der Waals surface area contributed by atoms with Crippen molar-refractivity contribution in [3.63, 3.8) is 0 Å². The summed E-state index contributed by atoms with van der Waals surface area (Å²) in [6, 6.07) is 0. The van der Waals surface area contributed by atoms with Crippen molar-refractivity contribution in [1.82, 2.24) is 0 Å². The zero-order valence-corrected chi connectivity index (χ0v) is 25.7. The van der Waals surface area contributed by atoms with Crippen LogP contribution in [0.15, 0.2) is 23.3 Å². The smallest absolute Gasteiger partial charge is 0.312 e. The Morgan fingerprint density at radius 1 is 0.907 bits per heavy atom. The van der Waals surface area contributed by atoms with E-state index in [9.17, 15) is 33.9 Å². The maximum absolute atomic E-state index is 13.1. The highest BCUT2D eigenvalue weighted by atomic mass is 16.6. The van der Waals surface area contributed by atoms with Crippen LogP contribution in [0.1, 0.15) is 68.2 Å². The minimum absolute atomic E-state index is 0.114. The highest BCUT2D eigenvalue weighted by Gasteiger charge is 2.67. The van der Waals surface area contributed by atoms with Gasteiger partial charge in [0.2, 0.25) is 0 Å². The van der Waals surface area contributed by atoms with Crippen LogP contribution in [-0.2, 0) is 57.2 Å². The van der Waals surface area contributed by atoms with E-state index in [1.54, 1.807) is 19.9 Å². The molecule has 2 aliphatic carbocycles. The van der Waals surface area contributed by atoms with E-state index in [0.29, 0.717) is 5.57 Å². The summed E-state index contributed by atoms with van der Waals surface area (Å²) in [6.45, 7) is 10.2. The first-order valence-corrected chi connectivity index (χ1v) is 14.0. The van der Waals surface area contributed by atoms with E-state index in [0.717, 1.165) is 13.8 Å². The molecule has 9 atom stereocenters. The first kappa shape index (κ1) is 33.8. The van der Waals surface area contributed by atoms with Crippen molar-refractivity contribution >= 4 is 35.8 Å². The maximum atomic E-state index is 13.1. The van der Waals surface area contributed by atoms with Gasteiger partial charge in [0.25, 0.3) is 0 Å². The second-order valence-corrected chi connectivity index (χ2v) is 11.6. The molecule has 0 aromatic rings. The van der Waals surface area contributed by atoms with E-state index < -0.39 is 95.8 Å². The van der Waals surface area contributed by atoms with Crippen LogP contribution in [0.4, 0.5) is 0 Å². The summed E-state index contributed by atoms with van der Waals surface area (Å²) < 4.78 is 34.0. The van der Waals surface area contributed by atoms with E-state index in [-0.39, 0.29) is 18.4 Å². The SMILES string of the molecule is CC(=O)OC/C1=C/[C@@H]2OC(=O)[C@H](C)[C@@]2(O)[C@H](OC(C)=O)[C@H]2C(C)=CC[C@H](OC(C)=O)[C@]2(C)[C@@H](OC(C)=O)C[C@H]1OC(C)=O. The fraction of sp³-hybridized carbons (Fsp3) is 0.667. The Morgan fingerprint density at radius 3 is 2.00 bits per heavy atom. The highest BCUT2D eigenvalue weighted by Crippen LogP contribution is 2.55. The summed E-state index contributed by atoms with van der Waals surface area (Å²) in [7, 11) is 0. The molecule has 1 N–H and O–H groups in total. The fourth-order valence-corrected chi connectivity index (χ4v) is 6.58. The molecule has 0 unspecified atom stereocenters. The third kappa shape index (κ3) is 6.76. The lowest BCUT2D eigenvalue weighted by Gasteiger charge is -2.55. The molecular formula is C30H40O13. The second kappa shape index (κ2) is 12.9. The Morgan fingerprint density at radius 2 is 1.47 bits per heavy atom. The number of hydrogen-bond acceptors (Lipinski definition) is 13. The molecule has 3 rings (SSSR count). The van der Waals surface area contributed by atoms with Crippen LogP contribution in [-0.4, -0.2) is 83.7 Å². The van der Waals surface area contributed by atoms with E-state index in [1.165, 1.54) is 33.8 Å². The minimum Gasteiger partial charge on any atom is -0.462 e. The Hall–Kier alpha value is -3.74. The van der Waals surface area contributed by atoms with E-state index in [2.05, 4.69) is 0 Å².